The summed E-state index contributed by atoms with van der Waals surface area (Å²) in [5.41, 5.74) is 2.71. The number of hydrogen-bond acceptors (Lipinski definition) is 3. The maximum absolute atomic E-state index is 13.5. The molecule has 2 N–H and O–H groups in total. The molecular formula is C17H14F4N2O3. The number of hydrazine groups is 1. The molecule has 0 heterocycles. The summed E-state index contributed by atoms with van der Waals surface area (Å²) in [5, 5.41) is 0. The molecule has 5 nitrogen and oxygen atoms in total. The van der Waals surface area contributed by atoms with E-state index in [2.05, 4.69) is 0 Å². The molecule has 0 saturated carbocycles. The molecule has 2 amide bonds. The van der Waals surface area contributed by atoms with Crippen LogP contribution < -0.4 is 15.6 Å². The summed E-state index contributed by atoms with van der Waals surface area (Å²) in [4.78, 5) is 23.7. The van der Waals surface area contributed by atoms with Crippen LogP contribution in [0.4, 0.5) is 17.6 Å². The molecule has 0 spiro atoms. The van der Waals surface area contributed by atoms with E-state index in [4.69, 9.17) is 4.74 Å². The lowest BCUT2D eigenvalue weighted by Crippen LogP contribution is -2.47. The molecule has 138 valence electrons. The normalized spacial score (nSPS) is 12.2. The van der Waals surface area contributed by atoms with Gasteiger partial charge in [0, 0.05) is 5.56 Å². The van der Waals surface area contributed by atoms with Crippen LogP contribution in [0.1, 0.15) is 22.8 Å². The van der Waals surface area contributed by atoms with Crippen molar-refractivity contribution in [2.45, 2.75) is 19.2 Å². The predicted octanol–water partition coefficient (Wildman–Crippen LogP) is 3.07. The lowest BCUT2D eigenvalue weighted by molar-refractivity contribution is -0.137. The van der Waals surface area contributed by atoms with Crippen molar-refractivity contribution in [3.8, 4) is 5.75 Å². The Morgan fingerprint density at radius 1 is 1.04 bits per heavy atom. The minimum atomic E-state index is -4.60. The molecule has 0 aliphatic carbocycles. The van der Waals surface area contributed by atoms with Gasteiger partial charge in [0.25, 0.3) is 11.8 Å². The molecule has 0 aliphatic heterocycles. The van der Waals surface area contributed by atoms with Crippen LogP contribution >= 0.6 is 0 Å². The summed E-state index contributed by atoms with van der Waals surface area (Å²) < 4.78 is 56.5. The van der Waals surface area contributed by atoms with Crippen LogP contribution in [0.5, 0.6) is 5.75 Å². The fraction of sp³-hybridized carbons (Fsp3) is 0.176. The maximum Gasteiger partial charge on any atom is 0.416 e. The van der Waals surface area contributed by atoms with E-state index in [1.165, 1.54) is 25.1 Å². The van der Waals surface area contributed by atoms with Gasteiger partial charge in [-0.2, -0.15) is 13.2 Å². The number of amides is 2. The second-order valence-corrected chi connectivity index (χ2v) is 5.21. The highest BCUT2D eigenvalue weighted by Gasteiger charge is 2.31. The standard InChI is InChI=1S/C17H14F4N2O3/c1-10(26-14-8-3-2-7-13(14)18)15(24)22-23-16(25)11-5-4-6-12(9-11)17(19,20)21/h2-10H,1H3,(H,22,24)(H,23,25). The summed E-state index contributed by atoms with van der Waals surface area (Å²) in [6, 6.07) is 9.14. The van der Waals surface area contributed by atoms with Crippen molar-refractivity contribution in [2.24, 2.45) is 0 Å². The zero-order chi connectivity index (χ0) is 19.3. The smallest absolute Gasteiger partial charge is 0.416 e. The third-order valence-electron chi connectivity index (χ3n) is 3.26. The topological polar surface area (TPSA) is 67.4 Å². The summed E-state index contributed by atoms with van der Waals surface area (Å²) in [7, 11) is 0. The molecule has 9 heteroatoms. The van der Waals surface area contributed by atoms with Crippen LogP contribution in [-0.4, -0.2) is 17.9 Å². The SMILES string of the molecule is CC(Oc1ccccc1F)C(=O)NNC(=O)c1cccc(C(F)(F)F)c1. The third kappa shape index (κ3) is 4.95. The lowest BCUT2D eigenvalue weighted by Gasteiger charge is -2.15. The fourth-order valence-corrected chi connectivity index (χ4v) is 1.91. The van der Waals surface area contributed by atoms with Gasteiger partial charge in [-0.15, -0.1) is 0 Å². The number of carbonyl (C=O) groups is 2. The summed E-state index contributed by atoms with van der Waals surface area (Å²) in [6.45, 7) is 1.32. The minimum absolute atomic E-state index is 0.153. The fourth-order valence-electron chi connectivity index (χ4n) is 1.91. The number of halogens is 4. The number of para-hydroxylation sites is 1. The number of carbonyl (C=O) groups excluding carboxylic acids is 2. The summed E-state index contributed by atoms with van der Waals surface area (Å²) in [6.07, 6.45) is -5.75. The first-order valence-corrected chi connectivity index (χ1v) is 7.37. The van der Waals surface area contributed by atoms with Crippen LogP contribution in [-0.2, 0) is 11.0 Å². The lowest BCUT2D eigenvalue weighted by atomic mass is 10.1. The Morgan fingerprint density at radius 3 is 2.38 bits per heavy atom. The van der Waals surface area contributed by atoms with Gasteiger partial charge in [0.05, 0.1) is 5.56 Å². The molecule has 0 radical (unpaired) electrons. The monoisotopic (exact) mass is 370 g/mol. The van der Waals surface area contributed by atoms with Crippen molar-refractivity contribution in [1.29, 1.82) is 0 Å². The van der Waals surface area contributed by atoms with Crippen LogP contribution in [0.25, 0.3) is 0 Å². The average Bonchev–Trinajstić information content (AvgIpc) is 2.60. The molecule has 2 aromatic carbocycles. The number of hydrogen-bond donors (Lipinski definition) is 2. The Morgan fingerprint density at radius 2 is 1.73 bits per heavy atom. The largest absolute Gasteiger partial charge is 0.478 e. The number of benzene rings is 2. The molecular weight excluding hydrogens is 356 g/mol. The highest BCUT2D eigenvalue weighted by molar-refractivity contribution is 5.95. The Labute approximate surface area is 145 Å². The molecule has 0 aliphatic rings. The number of rotatable bonds is 4. The van der Waals surface area contributed by atoms with E-state index in [-0.39, 0.29) is 11.3 Å². The van der Waals surface area contributed by atoms with Gasteiger partial charge in [-0.05, 0) is 37.3 Å². The van der Waals surface area contributed by atoms with Crippen molar-refractivity contribution in [3.63, 3.8) is 0 Å². The maximum atomic E-state index is 13.5. The van der Waals surface area contributed by atoms with E-state index in [1.807, 2.05) is 10.9 Å². The molecule has 0 fully saturated rings. The first kappa shape index (κ1) is 19.2. The Hall–Kier alpha value is -3.10. The van der Waals surface area contributed by atoms with Crippen molar-refractivity contribution in [2.75, 3.05) is 0 Å². The third-order valence-corrected chi connectivity index (χ3v) is 3.26. The van der Waals surface area contributed by atoms with E-state index in [0.29, 0.717) is 6.07 Å². The van der Waals surface area contributed by atoms with Gasteiger partial charge in [0.2, 0.25) is 0 Å². The van der Waals surface area contributed by atoms with Crippen molar-refractivity contribution < 1.29 is 31.9 Å². The van der Waals surface area contributed by atoms with Crippen molar-refractivity contribution in [3.05, 3.63) is 65.5 Å². The van der Waals surface area contributed by atoms with E-state index < -0.39 is 35.5 Å². The van der Waals surface area contributed by atoms with Crippen LogP contribution in [0, 0.1) is 5.82 Å². The Bertz CT molecular complexity index is 809. The van der Waals surface area contributed by atoms with E-state index in [1.54, 1.807) is 0 Å². The van der Waals surface area contributed by atoms with Crippen LogP contribution in [0.2, 0.25) is 0 Å². The second-order valence-electron chi connectivity index (χ2n) is 5.21. The summed E-state index contributed by atoms with van der Waals surface area (Å²) in [5.74, 6) is -2.57. The second kappa shape index (κ2) is 7.85. The van der Waals surface area contributed by atoms with Gasteiger partial charge in [-0.25, -0.2) is 4.39 Å². The molecule has 2 aromatic rings. The molecule has 2 rings (SSSR count). The van der Waals surface area contributed by atoms with Gasteiger partial charge in [0.1, 0.15) is 0 Å². The van der Waals surface area contributed by atoms with E-state index >= 15 is 0 Å². The Kier molecular flexibility index (Phi) is 5.81. The highest BCUT2D eigenvalue weighted by atomic mass is 19.4. The van der Waals surface area contributed by atoms with E-state index in [0.717, 1.165) is 24.3 Å². The van der Waals surface area contributed by atoms with Gasteiger partial charge < -0.3 is 4.74 Å². The van der Waals surface area contributed by atoms with Gasteiger partial charge in [0.15, 0.2) is 17.7 Å². The first-order valence-electron chi connectivity index (χ1n) is 7.37. The molecule has 1 atom stereocenters. The van der Waals surface area contributed by atoms with Gasteiger partial charge in [-0.3, -0.25) is 20.4 Å². The predicted molar refractivity (Wildman–Crippen MR) is 83.5 cm³/mol. The first-order chi connectivity index (χ1) is 12.2. The van der Waals surface area contributed by atoms with Crippen LogP contribution in [0.3, 0.4) is 0 Å². The van der Waals surface area contributed by atoms with Crippen LogP contribution in [0.15, 0.2) is 48.5 Å². The van der Waals surface area contributed by atoms with Crippen molar-refractivity contribution in [1.82, 2.24) is 10.9 Å². The average molecular weight is 370 g/mol. The van der Waals surface area contributed by atoms with E-state index in [9.17, 15) is 27.2 Å². The van der Waals surface area contributed by atoms with Gasteiger partial charge >= 0.3 is 6.18 Å². The zero-order valence-electron chi connectivity index (χ0n) is 13.4. The minimum Gasteiger partial charge on any atom is -0.478 e. The Balaban J connectivity index is 1.94. The molecule has 0 saturated heterocycles. The molecule has 1 unspecified atom stereocenters. The molecule has 26 heavy (non-hydrogen) atoms. The number of nitrogens with one attached hydrogen (secondary N) is 2. The summed E-state index contributed by atoms with van der Waals surface area (Å²) >= 11 is 0. The molecule has 0 bridgehead atoms. The highest BCUT2D eigenvalue weighted by Crippen LogP contribution is 2.29. The van der Waals surface area contributed by atoms with Gasteiger partial charge in [-0.1, -0.05) is 18.2 Å². The zero-order valence-corrected chi connectivity index (χ0v) is 13.4. The molecule has 0 aromatic heterocycles. The number of alkyl halides is 3. The quantitative estimate of drug-likeness (QED) is 0.642. The number of ether oxygens (including phenoxy) is 1. The van der Waals surface area contributed by atoms with Crippen molar-refractivity contribution >= 4 is 11.8 Å².